The van der Waals surface area contributed by atoms with E-state index in [9.17, 15) is 8.42 Å². The molecule has 0 N–H and O–H groups in total. The summed E-state index contributed by atoms with van der Waals surface area (Å²) in [5.74, 6) is 0.818. The van der Waals surface area contributed by atoms with Crippen LogP contribution in [0.25, 0.3) is 11.0 Å². The van der Waals surface area contributed by atoms with Gasteiger partial charge in [0.05, 0.1) is 42.4 Å². The smallest absolute Gasteiger partial charge is 0.243 e. The number of sulfonamides is 1. The number of thioether (sulfide) groups is 1. The average Bonchev–Trinajstić information content (AvgIpc) is 3.26. The number of morpholine rings is 2. The lowest BCUT2D eigenvalue weighted by Gasteiger charge is -2.26. The molecule has 0 amide bonds. The highest BCUT2D eigenvalue weighted by molar-refractivity contribution is 7.98. The van der Waals surface area contributed by atoms with E-state index in [0.29, 0.717) is 31.2 Å². The van der Waals surface area contributed by atoms with E-state index in [1.54, 1.807) is 23.9 Å². The highest BCUT2D eigenvalue weighted by Gasteiger charge is 2.27. The molecule has 0 unspecified atom stereocenters. The number of aromatic nitrogens is 2. The molecule has 0 saturated carbocycles. The quantitative estimate of drug-likeness (QED) is 0.393. The van der Waals surface area contributed by atoms with Crippen LogP contribution in [0.4, 0.5) is 0 Å². The zero-order valence-electron chi connectivity index (χ0n) is 20.8. The van der Waals surface area contributed by atoms with Crippen molar-refractivity contribution in [3.05, 3.63) is 53.6 Å². The van der Waals surface area contributed by atoms with E-state index >= 15 is 0 Å². The van der Waals surface area contributed by atoms with E-state index < -0.39 is 10.0 Å². The van der Waals surface area contributed by atoms with Gasteiger partial charge in [0.25, 0.3) is 0 Å². The van der Waals surface area contributed by atoms with Gasteiger partial charge in [-0.15, -0.1) is 0 Å². The topological polar surface area (TPSA) is 76.9 Å². The molecule has 0 bridgehead atoms. The van der Waals surface area contributed by atoms with Crippen LogP contribution in [0, 0.1) is 6.92 Å². The summed E-state index contributed by atoms with van der Waals surface area (Å²) in [6.07, 6.45) is 0.997. The summed E-state index contributed by atoms with van der Waals surface area (Å²) in [5, 5.41) is 0.927. The van der Waals surface area contributed by atoms with Gasteiger partial charge in [0, 0.05) is 45.0 Å². The number of ether oxygens (including phenoxy) is 2. The van der Waals surface area contributed by atoms with Crippen LogP contribution in [0.5, 0.6) is 0 Å². The maximum atomic E-state index is 13.2. The third-order valence-electron chi connectivity index (χ3n) is 6.87. The van der Waals surface area contributed by atoms with Crippen molar-refractivity contribution in [2.24, 2.45) is 0 Å². The van der Waals surface area contributed by atoms with Crippen LogP contribution in [0.2, 0.25) is 0 Å². The van der Waals surface area contributed by atoms with Crippen molar-refractivity contribution in [2.75, 3.05) is 59.2 Å². The zero-order chi connectivity index (χ0) is 25.0. The number of benzene rings is 2. The molecular formula is C26H34N4O4S2. The van der Waals surface area contributed by atoms with Crippen LogP contribution in [0.3, 0.4) is 0 Å². The monoisotopic (exact) mass is 530 g/mol. The first kappa shape index (κ1) is 25.7. The van der Waals surface area contributed by atoms with Gasteiger partial charge < -0.3 is 14.0 Å². The van der Waals surface area contributed by atoms with Gasteiger partial charge in [-0.1, -0.05) is 36.0 Å². The van der Waals surface area contributed by atoms with E-state index in [0.717, 1.165) is 67.8 Å². The molecule has 8 nitrogen and oxygen atoms in total. The van der Waals surface area contributed by atoms with Crippen LogP contribution in [-0.2, 0) is 31.8 Å². The van der Waals surface area contributed by atoms with Gasteiger partial charge in [-0.25, -0.2) is 13.4 Å². The number of fused-ring (bicyclic) bond motifs is 1. The molecule has 2 aromatic carbocycles. The fraction of sp³-hybridized carbons (Fsp3) is 0.500. The Balaban J connectivity index is 1.40. The van der Waals surface area contributed by atoms with Crippen LogP contribution in [0.15, 0.2) is 52.5 Å². The summed E-state index contributed by atoms with van der Waals surface area (Å²) >= 11 is 1.71. The van der Waals surface area contributed by atoms with Gasteiger partial charge in [0.15, 0.2) is 5.16 Å². The summed E-state index contributed by atoms with van der Waals surface area (Å²) in [5.41, 5.74) is 4.25. The van der Waals surface area contributed by atoms with Gasteiger partial charge in [-0.05, 0) is 42.7 Å². The molecule has 5 rings (SSSR count). The lowest BCUT2D eigenvalue weighted by molar-refractivity contribution is 0.0369. The molecule has 1 aromatic heterocycles. The van der Waals surface area contributed by atoms with Crippen molar-refractivity contribution in [1.29, 1.82) is 0 Å². The van der Waals surface area contributed by atoms with Gasteiger partial charge in [0.2, 0.25) is 10.0 Å². The fourth-order valence-electron chi connectivity index (χ4n) is 4.70. The first-order valence-electron chi connectivity index (χ1n) is 12.6. The fourth-order valence-corrected chi connectivity index (χ4v) is 7.25. The Morgan fingerprint density at radius 2 is 1.67 bits per heavy atom. The van der Waals surface area contributed by atoms with Crippen molar-refractivity contribution < 1.29 is 17.9 Å². The highest BCUT2D eigenvalue weighted by atomic mass is 32.2. The lowest BCUT2D eigenvalue weighted by atomic mass is 10.1. The maximum Gasteiger partial charge on any atom is 0.243 e. The van der Waals surface area contributed by atoms with E-state index in [1.165, 1.54) is 15.4 Å². The first-order chi connectivity index (χ1) is 17.5. The minimum absolute atomic E-state index is 0.297. The predicted octanol–water partition coefficient (Wildman–Crippen LogP) is 3.38. The first-order valence-corrected chi connectivity index (χ1v) is 15.0. The molecule has 0 aliphatic carbocycles. The summed E-state index contributed by atoms with van der Waals surface area (Å²) in [6.45, 7) is 9.14. The molecule has 3 heterocycles. The number of hydrogen-bond donors (Lipinski definition) is 0. The third-order valence-corrected chi connectivity index (χ3v) is 9.79. The average molecular weight is 531 g/mol. The van der Waals surface area contributed by atoms with Crippen LogP contribution < -0.4 is 0 Å². The standard InChI is InChI=1S/C26H34N4O4S2/c1-21-5-2-3-6-22(21)20-35-26-27-24-19-23(36(31,32)29-13-17-34-18-14-29)7-8-25(24)30(26)10-4-9-28-11-15-33-16-12-28/h2-3,5-8,19H,4,9-18,20H2,1H3. The van der Waals surface area contributed by atoms with Crippen molar-refractivity contribution in [1.82, 2.24) is 18.8 Å². The Morgan fingerprint density at radius 3 is 2.42 bits per heavy atom. The number of aryl methyl sites for hydroxylation is 2. The molecule has 0 radical (unpaired) electrons. The molecule has 194 valence electrons. The number of hydrogen-bond acceptors (Lipinski definition) is 7. The molecule has 2 aliphatic rings. The van der Waals surface area contributed by atoms with Gasteiger partial charge in [-0.2, -0.15) is 4.31 Å². The second kappa shape index (κ2) is 11.6. The summed E-state index contributed by atoms with van der Waals surface area (Å²) in [6, 6.07) is 13.8. The van der Waals surface area contributed by atoms with Crippen molar-refractivity contribution in [3.8, 4) is 0 Å². The molecule has 36 heavy (non-hydrogen) atoms. The Morgan fingerprint density at radius 1 is 0.944 bits per heavy atom. The van der Waals surface area contributed by atoms with E-state index in [1.807, 2.05) is 6.07 Å². The largest absolute Gasteiger partial charge is 0.379 e. The van der Waals surface area contributed by atoms with Gasteiger partial charge in [-0.3, -0.25) is 4.90 Å². The number of imidazole rings is 1. The Bertz CT molecular complexity index is 1280. The molecule has 3 aromatic rings. The van der Waals surface area contributed by atoms with E-state index in [4.69, 9.17) is 14.5 Å². The van der Waals surface area contributed by atoms with Crippen LogP contribution >= 0.6 is 11.8 Å². The van der Waals surface area contributed by atoms with Crippen molar-refractivity contribution in [3.63, 3.8) is 0 Å². The van der Waals surface area contributed by atoms with Gasteiger partial charge >= 0.3 is 0 Å². The van der Waals surface area contributed by atoms with Crippen LogP contribution in [0.1, 0.15) is 17.5 Å². The lowest BCUT2D eigenvalue weighted by Crippen LogP contribution is -2.40. The SMILES string of the molecule is Cc1ccccc1CSc1nc2cc(S(=O)(=O)N3CCOCC3)ccc2n1CCCN1CCOCC1. The second-order valence-corrected chi connectivity index (χ2v) is 12.1. The van der Waals surface area contributed by atoms with Gasteiger partial charge in [0.1, 0.15) is 0 Å². The highest BCUT2D eigenvalue weighted by Crippen LogP contribution is 2.30. The van der Waals surface area contributed by atoms with E-state index in [-0.39, 0.29) is 0 Å². The van der Waals surface area contributed by atoms with E-state index in [2.05, 4.69) is 40.7 Å². The predicted molar refractivity (Wildman–Crippen MR) is 142 cm³/mol. The minimum atomic E-state index is -3.57. The zero-order valence-corrected chi connectivity index (χ0v) is 22.4. The second-order valence-electron chi connectivity index (χ2n) is 9.24. The van der Waals surface area contributed by atoms with Crippen molar-refractivity contribution in [2.45, 2.75) is 35.7 Å². The minimum Gasteiger partial charge on any atom is -0.379 e. The molecule has 10 heteroatoms. The molecular weight excluding hydrogens is 496 g/mol. The summed E-state index contributed by atoms with van der Waals surface area (Å²) in [7, 11) is -3.57. The molecule has 0 spiro atoms. The van der Waals surface area contributed by atoms with Crippen molar-refractivity contribution >= 4 is 32.8 Å². The van der Waals surface area contributed by atoms with Crippen LogP contribution in [-0.4, -0.2) is 86.3 Å². The Kier molecular flexibility index (Phi) is 8.29. The Labute approximate surface area is 217 Å². The number of rotatable bonds is 9. The normalized spacial score (nSPS) is 18.1. The summed E-state index contributed by atoms with van der Waals surface area (Å²) in [4.78, 5) is 7.66. The molecule has 2 saturated heterocycles. The maximum absolute atomic E-state index is 13.2. The molecule has 2 aliphatic heterocycles. The summed E-state index contributed by atoms with van der Waals surface area (Å²) < 4.78 is 41.0. The Hall–Kier alpha value is -1.95. The molecule has 0 atom stereocenters. The molecule has 2 fully saturated rings. The third kappa shape index (κ3) is 5.79. The number of nitrogens with zero attached hydrogens (tertiary/aromatic N) is 4.